The zero-order chi connectivity index (χ0) is 20.9. The molecule has 0 aliphatic carbocycles. The second-order valence-electron chi connectivity index (χ2n) is 9.28. The van der Waals surface area contributed by atoms with Crippen LogP contribution in [0.5, 0.6) is 0 Å². The van der Waals surface area contributed by atoms with Crippen molar-refractivity contribution in [2.24, 2.45) is 5.41 Å². The van der Waals surface area contributed by atoms with Crippen LogP contribution in [0.3, 0.4) is 0 Å². The Morgan fingerprint density at radius 2 is 1.89 bits per heavy atom. The van der Waals surface area contributed by atoms with Gasteiger partial charge in [-0.1, -0.05) is 27.2 Å². The molecule has 3 N–H and O–H groups in total. The second-order valence-corrected chi connectivity index (χ2v) is 9.28. The van der Waals surface area contributed by atoms with E-state index >= 15 is 0 Å². The first-order valence-electron chi connectivity index (χ1n) is 10.2. The fraction of sp³-hybridized carbons (Fsp3) is 0.682. The van der Waals surface area contributed by atoms with Crippen LogP contribution >= 0.6 is 0 Å². The summed E-state index contributed by atoms with van der Waals surface area (Å²) in [6.45, 7) is 8.03. The monoisotopic (exact) mass is 396 g/mol. The lowest BCUT2D eigenvalue weighted by Gasteiger charge is -2.38. The first-order valence-corrected chi connectivity index (χ1v) is 10.2. The lowest BCUT2D eigenvalue weighted by atomic mass is 9.84. The highest BCUT2D eigenvalue weighted by atomic mass is 19.1. The van der Waals surface area contributed by atoms with Crippen LogP contribution in [-0.2, 0) is 11.2 Å². The Morgan fingerprint density at radius 1 is 1.25 bits per heavy atom. The second kappa shape index (κ2) is 9.79. The van der Waals surface area contributed by atoms with Crippen LogP contribution in [0.2, 0.25) is 0 Å². The molecule has 1 aromatic rings. The van der Waals surface area contributed by atoms with Crippen LogP contribution in [-0.4, -0.2) is 35.2 Å². The van der Waals surface area contributed by atoms with Gasteiger partial charge in [-0.3, -0.25) is 4.79 Å². The summed E-state index contributed by atoms with van der Waals surface area (Å²) in [5, 5.41) is 17.3. The molecule has 0 aromatic heterocycles. The Bertz CT molecular complexity index is 640. The van der Waals surface area contributed by atoms with E-state index in [2.05, 4.69) is 31.4 Å². The summed E-state index contributed by atoms with van der Waals surface area (Å²) in [7, 11) is 0. The van der Waals surface area contributed by atoms with Gasteiger partial charge in [-0.15, -0.1) is 0 Å². The van der Waals surface area contributed by atoms with Crippen molar-refractivity contribution in [2.75, 3.05) is 0 Å². The summed E-state index contributed by atoms with van der Waals surface area (Å²) >= 11 is 0. The van der Waals surface area contributed by atoms with Gasteiger partial charge in [0, 0.05) is 25.1 Å². The molecule has 1 fully saturated rings. The van der Waals surface area contributed by atoms with Crippen LogP contribution in [0.4, 0.5) is 8.78 Å². The molecule has 6 heteroatoms. The van der Waals surface area contributed by atoms with E-state index in [0.717, 1.165) is 38.2 Å². The largest absolute Gasteiger partial charge is 0.389 e. The molecule has 0 saturated carbocycles. The molecule has 1 aromatic carbocycles. The Hall–Kier alpha value is -1.53. The predicted octanol–water partition coefficient (Wildman–Crippen LogP) is 3.71. The Balaban J connectivity index is 2.06. The topological polar surface area (TPSA) is 61.4 Å². The van der Waals surface area contributed by atoms with E-state index in [1.165, 1.54) is 19.1 Å². The molecule has 0 bridgehead atoms. The molecule has 1 saturated heterocycles. The standard InChI is InChI=1S/C22H34F2N2O2/c1-14(27)25-20(12-15-10-16(23)13-17(24)11-15)21(28)19-7-5-6-18(26-19)8-9-22(2,3)4/h10-11,13,18-21,26,28H,5-9,12H2,1-4H3,(H,25,27). The molecular weight excluding hydrogens is 362 g/mol. The minimum absolute atomic E-state index is 0.158. The zero-order valence-corrected chi connectivity index (χ0v) is 17.4. The maximum atomic E-state index is 13.5. The fourth-order valence-electron chi connectivity index (χ4n) is 3.94. The molecule has 0 spiro atoms. The highest BCUT2D eigenvalue weighted by molar-refractivity contribution is 5.73. The van der Waals surface area contributed by atoms with Crippen LogP contribution in [0, 0.1) is 17.0 Å². The number of amides is 1. The van der Waals surface area contributed by atoms with Crippen molar-refractivity contribution in [3.05, 3.63) is 35.4 Å². The molecule has 158 valence electrons. The number of rotatable bonds is 7. The van der Waals surface area contributed by atoms with E-state index in [1.54, 1.807) is 0 Å². The van der Waals surface area contributed by atoms with E-state index in [0.29, 0.717) is 11.6 Å². The average Bonchev–Trinajstić information content (AvgIpc) is 2.57. The quantitative estimate of drug-likeness (QED) is 0.658. The van der Waals surface area contributed by atoms with Gasteiger partial charge in [0.05, 0.1) is 12.1 Å². The van der Waals surface area contributed by atoms with Crippen LogP contribution in [0.15, 0.2) is 18.2 Å². The van der Waals surface area contributed by atoms with E-state index in [9.17, 15) is 18.7 Å². The van der Waals surface area contributed by atoms with Gasteiger partial charge in [0.2, 0.25) is 5.91 Å². The van der Waals surface area contributed by atoms with Gasteiger partial charge in [0.1, 0.15) is 11.6 Å². The molecule has 2 rings (SSSR count). The Morgan fingerprint density at radius 3 is 2.46 bits per heavy atom. The number of carbonyl (C=O) groups is 1. The van der Waals surface area contributed by atoms with Gasteiger partial charge in [-0.2, -0.15) is 0 Å². The van der Waals surface area contributed by atoms with Gasteiger partial charge in [-0.05, 0) is 55.2 Å². The number of aliphatic hydroxyl groups excluding tert-OH is 1. The summed E-state index contributed by atoms with van der Waals surface area (Å²) in [4.78, 5) is 11.7. The van der Waals surface area contributed by atoms with E-state index in [4.69, 9.17) is 0 Å². The van der Waals surface area contributed by atoms with Crippen LogP contribution in [0.25, 0.3) is 0 Å². The highest BCUT2D eigenvalue weighted by Gasteiger charge is 2.32. The smallest absolute Gasteiger partial charge is 0.217 e. The molecule has 0 radical (unpaired) electrons. The lowest BCUT2D eigenvalue weighted by Crippen LogP contribution is -2.57. The Labute approximate surface area is 167 Å². The molecule has 1 aliphatic rings. The van der Waals surface area contributed by atoms with Crippen molar-refractivity contribution in [1.29, 1.82) is 0 Å². The minimum Gasteiger partial charge on any atom is -0.389 e. The Kier molecular flexibility index (Phi) is 7.96. The SMILES string of the molecule is CC(=O)NC(Cc1cc(F)cc(F)c1)C(O)C1CCCC(CCC(C)(C)C)N1. The van der Waals surface area contributed by atoms with Gasteiger partial charge in [0.15, 0.2) is 0 Å². The van der Waals surface area contributed by atoms with Crippen LogP contribution in [0.1, 0.15) is 65.4 Å². The number of halogens is 2. The van der Waals surface area contributed by atoms with Crippen molar-refractivity contribution < 1.29 is 18.7 Å². The van der Waals surface area contributed by atoms with Crippen LogP contribution < -0.4 is 10.6 Å². The van der Waals surface area contributed by atoms with Gasteiger partial charge < -0.3 is 15.7 Å². The predicted molar refractivity (Wildman–Crippen MR) is 107 cm³/mol. The third kappa shape index (κ3) is 7.47. The zero-order valence-electron chi connectivity index (χ0n) is 17.4. The minimum atomic E-state index is -0.840. The number of piperidine rings is 1. The van der Waals surface area contributed by atoms with Gasteiger partial charge in [0.25, 0.3) is 0 Å². The molecule has 4 atom stereocenters. The fourth-order valence-corrected chi connectivity index (χ4v) is 3.94. The third-order valence-electron chi connectivity index (χ3n) is 5.35. The molecule has 1 amide bonds. The highest BCUT2D eigenvalue weighted by Crippen LogP contribution is 2.26. The summed E-state index contributed by atoms with van der Waals surface area (Å²) in [6, 6.07) is 2.86. The summed E-state index contributed by atoms with van der Waals surface area (Å²) in [6.07, 6.45) is 4.33. The number of nitrogens with one attached hydrogen (secondary N) is 2. The van der Waals surface area contributed by atoms with Gasteiger partial charge >= 0.3 is 0 Å². The number of hydrogen-bond donors (Lipinski definition) is 3. The van der Waals surface area contributed by atoms with Gasteiger partial charge in [-0.25, -0.2) is 8.78 Å². The lowest BCUT2D eigenvalue weighted by molar-refractivity contribution is -0.120. The summed E-state index contributed by atoms with van der Waals surface area (Å²) in [5.74, 6) is -1.60. The van der Waals surface area contributed by atoms with E-state index < -0.39 is 23.8 Å². The molecule has 1 aliphatic heterocycles. The van der Waals surface area contributed by atoms with E-state index in [1.807, 2.05) is 0 Å². The molecule has 4 unspecified atom stereocenters. The number of aliphatic hydroxyl groups is 1. The average molecular weight is 397 g/mol. The van der Waals surface area contributed by atoms with Crippen molar-refractivity contribution in [2.45, 2.75) is 90.4 Å². The molecule has 1 heterocycles. The maximum absolute atomic E-state index is 13.5. The van der Waals surface area contributed by atoms with Crippen molar-refractivity contribution in [3.63, 3.8) is 0 Å². The molecule has 28 heavy (non-hydrogen) atoms. The molecular formula is C22H34F2N2O2. The molecule has 4 nitrogen and oxygen atoms in total. The first kappa shape index (κ1) is 22.8. The summed E-state index contributed by atoms with van der Waals surface area (Å²) in [5.41, 5.74) is 0.670. The normalized spacial score (nSPS) is 22.5. The van der Waals surface area contributed by atoms with Crippen molar-refractivity contribution in [1.82, 2.24) is 10.6 Å². The van der Waals surface area contributed by atoms with Crippen molar-refractivity contribution in [3.8, 4) is 0 Å². The number of carbonyl (C=O) groups excluding carboxylic acids is 1. The maximum Gasteiger partial charge on any atom is 0.217 e. The van der Waals surface area contributed by atoms with Crippen molar-refractivity contribution >= 4 is 5.91 Å². The summed E-state index contributed by atoms with van der Waals surface area (Å²) < 4.78 is 27.1. The van der Waals surface area contributed by atoms with E-state index in [-0.39, 0.29) is 23.8 Å². The first-order chi connectivity index (χ1) is 13.0. The third-order valence-corrected chi connectivity index (χ3v) is 5.35. The number of benzene rings is 1. The number of hydrogen-bond acceptors (Lipinski definition) is 3.